The summed E-state index contributed by atoms with van der Waals surface area (Å²) in [5, 5.41) is 4.74. The highest BCUT2D eigenvalue weighted by Gasteiger charge is 2.37. The van der Waals surface area contributed by atoms with Gasteiger partial charge in [-0.2, -0.15) is 0 Å². The van der Waals surface area contributed by atoms with E-state index in [9.17, 15) is 0 Å². The van der Waals surface area contributed by atoms with Crippen LogP contribution in [0.3, 0.4) is 0 Å². The number of halogens is 4. The molecule has 7 heteroatoms. The highest BCUT2D eigenvalue weighted by Crippen LogP contribution is 2.38. The Morgan fingerprint density at radius 1 is 1.00 bits per heavy atom. The first-order valence-corrected chi connectivity index (χ1v) is 9.55. The molecule has 4 rings (SSSR count). The van der Waals surface area contributed by atoms with E-state index in [4.69, 9.17) is 27.9 Å². The van der Waals surface area contributed by atoms with Crippen LogP contribution in [-0.2, 0) is 17.8 Å². The molecule has 1 aliphatic heterocycles. The highest BCUT2D eigenvalue weighted by molar-refractivity contribution is 6.34. The number of piperazine rings is 1. The SMILES string of the molecule is Cl.Cl.Clc1cc(Cl)cc(CO[C@@H]2Cc3ccccc3[C@H]2N2CCNCC2)c1. The Hall–Kier alpha value is -0.520. The summed E-state index contributed by atoms with van der Waals surface area (Å²) >= 11 is 12.2. The molecule has 0 amide bonds. The maximum atomic E-state index is 6.37. The smallest absolute Gasteiger partial charge is 0.0816 e. The molecule has 1 N–H and O–H groups in total. The third kappa shape index (κ3) is 5.30. The van der Waals surface area contributed by atoms with E-state index in [1.807, 2.05) is 12.1 Å². The van der Waals surface area contributed by atoms with Gasteiger partial charge in [0.05, 0.1) is 18.8 Å². The number of nitrogens with one attached hydrogen (secondary N) is 1. The predicted molar refractivity (Wildman–Crippen MR) is 117 cm³/mol. The van der Waals surface area contributed by atoms with E-state index in [0.717, 1.165) is 38.2 Å². The minimum absolute atomic E-state index is 0. The van der Waals surface area contributed by atoms with E-state index in [0.29, 0.717) is 22.7 Å². The van der Waals surface area contributed by atoms with Crippen molar-refractivity contribution in [2.24, 2.45) is 0 Å². The molecule has 0 saturated carbocycles. The van der Waals surface area contributed by atoms with Crippen molar-refractivity contribution in [2.45, 2.75) is 25.2 Å². The van der Waals surface area contributed by atoms with Gasteiger partial charge in [0.15, 0.2) is 0 Å². The van der Waals surface area contributed by atoms with Crippen LogP contribution >= 0.6 is 48.0 Å². The van der Waals surface area contributed by atoms with E-state index in [-0.39, 0.29) is 30.9 Å². The molecule has 1 heterocycles. The van der Waals surface area contributed by atoms with Gasteiger partial charge in [0.2, 0.25) is 0 Å². The van der Waals surface area contributed by atoms with Gasteiger partial charge >= 0.3 is 0 Å². The summed E-state index contributed by atoms with van der Waals surface area (Å²) in [6.07, 6.45) is 1.12. The van der Waals surface area contributed by atoms with Crippen molar-refractivity contribution in [1.82, 2.24) is 10.2 Å². The Kier molecular flexibility index (Phi) is 8.70. The molecule has 1 fully saturated rings. The minimum Gasteiger partial charge on any atom is -0.371 e. The molecule has 0 bridgehead atoms. The summed E-state index contributed by atoms with van der Waals surface area (Å²) in [6, 6.07) is 14.7. The zero-order valence-corrected chi connectivity index (χ0v) is 18.0. The van der Waals surface area contributed by atoms with Gasteiger partial charge in [0.1, 0.15) is 0 Å². The Balaban J connectivity index is 0.00000131. The number of fused-ring (bicyclic) bond motifs is 1. The van der Waals surface area contributed by atoms with Gasteiger partial charge in [0, 0.05) is 42.6 Å². The average Bonchev–Trinajstić information content (AvgIpc) is 2.98. The molecule has 2 aromatic carbocycles. The molecule has 148 valence electrons. The minimum atomic E-state index is 0. The third-order valence-corrected chi connectivity index (χ3v) is 5.51. The lowest BCUT2D eigenvalue weighted by Crippen LogP contribution is -2.47. The van der Waals surface area contributed by atoms with Crippen LogP contribution in [0.2, 0.25) is 10.0 Å². The second-order valence-corrected chi connectivity index (χ2v) is 7.63. The Labute approximate surface area is 183 Å². The maximum absolute atomic E-state index is 6.37. The lowest BCUT2D eigenvalue weighted by atomic mass is 10.1. The molecule has 0 radical (unpaired) electrons. The second-order valence-electron chi connectivity index (χ2n) is 6.76. The van der Waals surface area contributed by atoms with E-state index in [2.05, 4.69) is 34.5 Å². The van der Waals surface area contributed by atoms with Crippen LogP contribution < -0.4 is 5.32 Å². The van der Waals surface area contributed by atoms with E-state index in [1.54, 1.807) is 6.07 Å². The molecule has 1 saturated heterocycles. The Bertz CT molecular complexity index is 732. The number of rotatable bonds is 4. The number of hydrogen-bond acceptors (Lipinski definition) is 3. The van der Waals surface area contributed by atoms with Crippen LogP contribution in [0.25, 0.3) is 0 Å². The summed E-state index contributed by atoms with van der Waals surface area (Å²) in [7, 11) is 0. The molecule has 0 unspecified atom stereocenters. The largest absolute Gasteiger partial charge is 0.371 e. The normalized spacial score (nSPS) is 21.9. The van der Waals surface area contributed by atoms with Gasteiger partial charge < -0.3 is 10.1 Å². The lowest BCUT2D eigenvalue weighted by molar-refractivity contribution is -0.0188. The van der Waals surface area contributed by atoms with Gasteiger partial charge in [-0.25, -0.2) is 0 Å². The zero-order chi connectivity index (χ0) is 17.2. The zero-order valence-electron chi connectivity index (χ0n) is 14.9. The van der Waals surface area contributed by atoms with Crippen molar-refractivity contribution >= 4 is 48.0 Å². The standard InChI is InChI=1S/C20H22Cl2N2O.2ClH/c21-16-9-14(10-17(22)12-16)13-25-19-11-15-3-1-2-4-18(15)20(19)24-7-5-23-6-8-24;;/h1-4,9-10,12,19-20,23H,5-8,11,13H2;2*1H/t19-,20-;;/m1../s1. The van der Waals surface area contributed by atoms with Crippen LogP contribution in [0.4, 0.5) is 0 Å². The summed E-state index contributed by atoms with van der Waals surface area (Å²) in [5.74, 6) is 0. The van der Waals surface area contributed by atoms with Gasteiger partial charge in [-0.1, -0.05) is 47.5 Å². The van der Waals surface area contributed by atoms with Crippen molar-refractivity contribution < 1.29 is 4.74 Å². The molecule has 2 aromatic rings. The van der Waals surface area contributed by atoms with Crippen molar-refractivity contribution in [3.8, 4) is 0 Å². The quantitative estimate of drug-likeness (QED) is 0.716. The van der Waals surface area contributed by atoms with Crippen molar-refractivity contribution in [1.29, 1.82) is 0 Å². The molecule has 0 spiro atoms. The number of hydrogen-bond donors (Lipinski definition) is 1. The van der Waals surface area contributed by atoms with Gasteiger partial charge in [0.25, 0.3) is 0 Å². The Morgan fingerprint density at radius 3 is 2.37 bits per heavy atom. The maximum Gasteiger partial charge on any atom is 0.0816 e. The molecule has 0 aromatic heterocycles. The first-order valence-electron chi connectivity index (χ1n) is 8.80. The molecule has 2 aliphatic rings. The predicted octanol–water partition coefficient (Wildman–Crippen LogP) is 4.92. The number of ether oxygens (including phenoxy) is 1. The first-order chi connectivity index (χ1) is 12.2. The topological polar surface area (TPSA) is 24.5 Å². The van der Waals surface area contributed by atoms with Gasteiger partial charge in [-0.3, -0.25) is 4.90 Å². The lowest BCUT2D eigenvalue weighted by Gasteiger charge is -2.36. The Morgan fingerprint density at radius 2 is 1.67 bits per heavy atom. The third-order valence-electron chi connectivity index (χ3n) is 5.08. The molecule has 1 aliphatic carbocycles. The molecule has 2 atom stereocenters. The fourth-order valence-electron chi connectivity index (χ4n) is 3.98. The van der Waals surface area contributed by atoms with Crippen LogP contribution in [-0.4, -0.2) is 37.2 Å². The van der Waals surface area contributed by atoms with Crippen LogP contribution in [0.1, 0.15) is 22.7 Å². The van der Waals surface area contributed by atoms with E-state index < -0.39 is 0 Å². The summed E-state index contributed by atoms with van der Waals surface area (Å²) in [4.78, 5) is 2.55. The molecule has 3 nitrogen and oxygen atoms in total. The second kappa shape index (κ2) is 10.3. The average molecular weight is 450 g/mol. The molecule has 27 heavy (non-hydrogen) atoms. The number of benzene rings is 2. The summed E-state index contributed by atoms with van der Waals surface area (Å²) in [5.41, 5.74) is 3.84. The fourth-order valence-corrected chi connectivity index (χ4v) is 4.55. The van der Waals surface area contributed by atoms with Crippen molar-refractivity contribution in [3.05, 3.63) is 69.2 Å². The molecular formula is C20H24Cl4N2O. The fraction of sp³-hybridized carbons (Fsp3) is 0.400. The van der Waals surface area contributed by atoms with Crippen LogP contribution in [0, 0.1) is 0 Å². The van der Waals surface area contributed by atoms with Crippen LogP contribution in [0.5, 0.6) is 0 Å². The van der Waals surface area contributed by atoms with Gasteiger partial charge in [-0.15, -0.1) is 24.8 Å². The van der Waals surface area contributed by atoms with Gasteiger partial charge in [-0.05, 0) is 34.9 Å². The molecular weight excluding hydrogens is 426 g/mol. The summed E-state index contributed by atoms with van der Waals surface area (Å²) < 4.78 is 6.37. The van der Waals surface area contributed by atoms with Crippen molar-refractivity contribution in [2.75, 3.05) is 26.2 Å². The van der Waals surface area contributed by atoms with Crippen LogP contribution in [0.15, 0.2) is 42.5 Å². The summed E-state index contributed by atoms with van der Waals surface area (Å²) in [6.45, 7) is 4.72. The monoisotopic (exact) mass is 448 g/mol. The van der Waals surface area contributed by atoms with E-state index >= 15 is 0 Å². The van der Waals surface area contributed by atoms with E-state index in [1.165, 1.54) is 11.1 Å². The van der Waals surface area contributed by atoms with Crippen molar-refractivity contribution in [3.63, 3.8) is 0 Å². The first kappa shape index (κ1) is 22.8. The number of nitrogens with zero attached hydrogens (tertiary/aromatic N) is 1. The highest BCUT2D eigenvalue weighted by atomic mass is 35.5.